The van der Waals surface area contributed by atoms with Gasteiger partial charge in [0.25, 0.3) is 0 Å². The van der Waals surface area contributed by atoms with Crippen molar-refractivity contribution in [3.05, 3.63) is 35.0 Å². The van der Waals surface area contributed by atoms with Crippen LogP contribution < -0.4 is 5.32 Å². The largest absolute Gasteiger partial charge is 0.433 e. The van der Waals surface area contributed by atoms with Crippen LogP contribution in [0.3, 0.4) is 0 Å². The molecule has 26 heavy (non-hydrogen) atoms. The molecular formula is C17H21F3N6. The number of nitrogens with one attached hydrogen (secondary N) is 2. The summed E-state index contributed by atoms with van der Waals surface area (Å²) in [7, 11) is 0. The molecular weight excluding hydrogens is 345 g/mol. The molecule has 1 fully saturated rings. The molecule has 6 nitrogen and oxygen atoms in total. The number of aryl methyl sites for hydroxylation is 1. The first-order chi connectivity index (χ1) is 12.5. The molecule has 3 heterocycles. The van der Waals surface area contributed by atoms with Gasteiger partial charge in [0.2, 0.25) is 0 Å². The van der Waals surface area contributed by atoms with E-state index in [4.69, 9.17) is 0 Å². The van der Waals surface area contributed by atoms with Gasteiger partial charge in [-0.05, 0) is 37.7 Å². The minimum Gasteiger partial charge on any atom is -0.367 e. The molecule has 2 N–H and O–H groups in total. The molecule has 0 unspecified atom stereocenters. The fourth-order valence-electron chi connectivity index (χ4n) is 3.77. The van der Waals surface area contributed by atoms with E-state index < -0.39 is 11.9 Å². The SMILES string of the molecule is FC(F)(F)c1cc(NC2CCN(Cc3n[nH]c4c3CCC4)CC2)ncn1. The summed E-state index contributed by atoms with van der Waals surface area (Å²) >= 11 is 0. The number of fused-ring (bicyclic) bond motifs is 1. The number of alkyl halides is 3. The molecule has 0 saturated carbocycles. The van der Waals surface area contributed by atoms with Crippen LogP contribution in [-0.4, -0.2) is 44.2 Å². The molecule has 1 aliphatic heterocycles. The van der Waals surface area contributed by atoms with E-state index in [-0.39, 0.29) is 11.9 Å². The molecule has 140 valence electrons. The average Bonchev–Trinajstić information content (AvgIpc) is 3.21. The van der Waals surface area contributed by atoms with Crippen LogP contribution in [0.1, 0.15) is 41.9 Å². The van der Waals surface area contributed by atoms with Crippen molar-refractivity contribution in [2.75, 3.05) is 18.4 Å². The lowest BCUT2D eigenvalue weighted by molar-refractivity contribution is -0.141. The number of hydrogen-bond acceptors (Lipinski definition) is 5. The maximum absolute atomic E-state index is 12.7. The second kappa shape index (κ2) is 6.86. The molecule has 0 radical (unpaired) electrons. The fourth-order valence-corrected chi connectivity index (χ4v) is 3.77. The van der Waals surface area contributed by atoms with Crippen molar-refractivity contribution in [1.29, 1.82) is 0 Å². The Bertz CT molecular complexity index is 764. The van der Waals surface area contributed by atoms with Crippen LogP contribution in [0.4, 0.5) is 19.0 Å². The minimum absolute atomic E-state index is 0.118. The van der Waals surface area contributed by atoms with E-state index in [1.807, 2.05) is 0 Å². The smallest absolute Gasteiger partial charge is 0.367 e. The highest BCUT2D eigenvalue weighted by molar-refractivity contribution is 5.37. The summed E-state index contributed by atoms with van der Waals surface area (Å²) in [5.74, 6) is 0.232. The van der Waals surface area contributed by atoms with Crippen LogP contribution in [0.2, 0.25) is 0 Å². The molecule has 0 bridgehead atoms. The third-order valence-corrected chi connectivity index (χ3v) is 5.16. The van der Waals surface area contributed by atoms with E-state index in [2.05, 4.69) is 30.4 Å². The lowest BCUT2D eigenvalue weighted by Gasteiger charge is -2.32. The molecule has 2 aromatic rings. The number of nitrogens with zero attached hydrogens (tertiary/aromatic N) is 4. The number of H-pyrrole nitrogens is 1. The predicted octanol–water partition coefficient (Wildman–Crippen LogP) is 2.78. The van der Waals surface area contributed by atoms with Crippen LogP contribution in [-0.2, 0) is 25.6 Å². The lowest BCUT2D eigenvalue weighted by atomic mass is 10.0. The zero-order chi connectivity index (χ0) is 18.1. The average molecular weight is 366 g/mol. The number of anilines is 1. The molecule has 1 aliphatic carbocycles. The Morgan fingerprint density at radius 1 is 1.19 bits per heavy atom. The predicted molar refractivity (Wildman–Crippen MR) is 89.6 cm³/mol. The van der Waals surface area contributed by atoms with Crippen molar-refractivity contribution in [3.8, 4) is 0 Å². The topological polar surface area (TPSA) is 69.7 Å². The molecule has 1 saturated heterocycles. The highest BCUT2D eigenvalue weighted by Crippen LogP contribution is 2.29. The summed E-state index contributed by atoms with van der Waals surface area (Å²) in [5, 5.41) is 10.7. The highest BCUT2D eigenvalue weighted by atomic mass is 19.4. The summed E-state index contributed by atoms with van der Waals surface area (Å²) in [6, 6.07) is 1.09. The van der Waals surface area contributed by atoms with E-state index >= 15 is 0 Å². The van der Waals surface area contributed by atoms with Gasteiger partial charge in [-0.15, -0.1) is 0 Å². The van der Waals surface area contributed by atoms with Crippen LogP contribution in [0, 0.1) is 0 Å². The monoisotopic (exact) mass is 366 g/mol. The van der Waals surface area contributed by atoms with Crippen molar-refractivity contribution in [1.82, 2.24) is 25.1 Å². The van der Waals surface area contributed by atoms with Crippen LogP contribution in [0.15, 0.2) is 12.4 Å². The lowest BCUT2D eigenvalue weighted by Crippen LogP contribution is -2.39. The summed E-state index contributed by atoms with van der Waals surface area (Å²) in [5.41, 5.74) is 2.89. The molecule has 2 aliphatic rings. The number of likely N-dealkylation sites (tertiary alicyclic amines) is 1. The van der Waals surface area contributed by atoms with E-state index in [1.54, 1.807) is 0 Å². The molecule has 0 spiro atoms. The minimum atomic E-state index is -4.45. The first kappa shape index (κ1) is 17.3. The van der Waals surface area contributed by atoms with Gasteiger partial charge in [0.15, 0.2) is 0 Å². The van der Waals surface area contributed by atoms with Gasteiger partial charge >= 0.3 is 6.18 Å². The molecule has 0 atom stereocenters. The zero-order valence-corrected chi connectivity index (χ0v) is 14.3. The molecule has 9 heteroatoms. The quantitative estimate of drug-likeness (QED) is 0.871. The number of piperidine rings is 1. The van der Waals surface area contributed by atoms with Crippen LogP contribution in [0.25, 0.3) is 0 Å². The van der Waals surface area contributed by atoms with Gasteiger partial charge in [-0.1, -0.05) is 0 Å². The Hall–Kier alpha value is -2.16. The standard InChI is InChI=1S/C17H21F3N6/c18-17(19,20)15-8-16(22-10-21-15)23-11-4-6-26(7-5-11)9-14-12-2-1-3-13(12)24-25-14/h8,10-11H,1-7,9H2,(H,24,25)(H,21,22,23). The number of aromatic nitrogens is 4. The number of halogens is 3. The number of rotatable bonds is 4. The highest BCUT2D eigenvalue weighted by Gasteiger charge is 2.33. The van der Waals surface area contributed by atoms with Crippen LogP contribution >= 0.6 is 0 Å². The van der Waals surface area contributed by atoms with Crippen molar-refractivity contribution in [3.63, 3.8) is 0 Å². The van der Waals surface area contributed by atoms with Crippen molar-refractivity contribution < 1.29 is 13.2 Å². The number of hydrogen-bond donors (Lipinski definition) is 2. The zero-order valence-electron chi connectivity index (χ0n) is 14.3. The maximum atomic E-state index is 12.7. The molecule has 0 amide bonds. The van der Waals surface area contributed by atoms with Crippen molar-refractivity contribution >= 4 is 5.82 Å². The van der Waals surface area contributed by atoms with E-state index in [1.165, 1.54) is 17.7 Å². The number of aromatic amines is 1. The third-order valence-electron chi connectivity index (χ3n) is 5.16. The van der Waals surface area contributed by atoms with Gasteiger partial charge in [-0.25, -0.2) is 9.97 Å². The van der Waals surface area contributed by atoms with E-state index in [0.717, 1.165) is 63.4 Å². The van der Waals surface area contributed by atoms with E-state index in [0.29, 0.717) is 0 Å². The first-order valence-corrected chi connectivity index (χ1v) is 8.92. The summed E-state index contributed by atoms with van der Waals surface area (Å²) in [6.07, 6.45) is 1.62. The molecule has 2 aromatic heterocycles. The Kier molecular flexibility index (Phi) is 4.56. The molecule has 4 rings (SSSR count). The van der Waals surface area contributed by atoms with Gasteiger partial charge in [0.1, 0.15) is 17.8 Å². The van der Waals surface area contributed by atoms with E-state index in [9.17, 15) is 13.2 Å². The summed E-state index contributed by atoms with van der Waals surface area (Å²) in [6.45, 7) is 2.61. The molecule has 0 aromatic carbocycles. The van der Waals surface area contributed by atoms with Gasteiger partial charge in [0.05, 0.1) is 5.69 Å². The Labute approximate surface area is 149 Å². The third kappa shape index (κ3) is 3.67. The summed E-state index contributed by atoms with van der Waals surface area (Å²) < 4.78 is 38.2. The maximum Gasteiger partial charge on any atom is 0.433 e. The first-order valence-electron chi connectivity index (χ1n) is 8.92. The van der Waals surface area contributed by atoms with Crippen LogP contribution in [0.5, 0.6) is 0 Å². The Morgan fingerprint density at radius 3 is 2.77 bits per heavy atom. The second-order valence-corrected chi connectivity index (χ2v) is 6.96. The Balaban J connectivity index is 1.31. The fraction of sp³-hybridized carbons (Fsp3) is 0.588. The summed E-state index contributed by atoms with van der Waals surface area (Å²) in [4.78, 5) is 9.56. The van der Waals surface area contributed by atoms with Crippen molar-refractivity contribution in [2.45, 2.75) is 50.9 Å². The second-order valence-electron chi connectivity index (χ2n) is 6.96. The normalized spacial score (nSPS) is 18.9. The Morgan fingerprint density at radius 2 is 2.00 bits per heavy atom. The van der Waals surface area contributed by atoms with Gasteiger partial charge in [-0.3, -0.25) is 10.00 Å². The van der Waals surface area contributed by atoms with Gasteiger partial charge in [-0.2, -0.15) is 18.3 Å². The van der Waals surface area contributed by atoms with Crippen molar-refractivity contribution in [2.24, 2.45) is 0 Å². The van der Waals surface area contributed by atoms with Gasteiger partial charge < -0.3 is 5.32 Å². The van der Waals surface area contributed by atoms with Gasteiger partial charge in [0, 0.05) is 37.4 Å².